The zero-order chi connectivity index (χ0) is 31.6. The Hall–Kier alpha value is -5.96. The van der Waals surface area contributed by atoms with Crippen molar-refractivity contribution in [3.05, 3.63) is 176 Å². The van der Waals surface area contributed by atoms with Crippen molar-refractivity contribution in [1.82, 2.24) is 4.57 Å². The van der Waals surface area contributed by atoms with E-state index in [-0.39, 0.29) is 0 Å². The molecule has 2 heterocycles. The maximum absolute atomic E-state index is 2.52. The molecule has 8 aromatic carbocycles. The summed E-state index contributed by atoms with van der Waals surface area (Å²) in [6.45, 7) is 0. The molecule has 0 aliphatic heterocycles. The molecule has 2 heteroatoms. The summed E-state index contributed by atoms with van der Waals surface area (Å²) in [7, 11) is 0. The van der Waals surface area contributed by atoms with Crippen LogP contribution in [0.25, 0.3) is 91.8 Å². The highest BCUT2D eigenvalue weighted by Gasteiger charge is 2.23. The molecule has 0 aliphatic rings. The van der Waals surface area contributed by atoms with Gasteiger partial charge in [0.25, 0.3) is 0 Å². The van der Waals surface area contributed by atoms with Gasteiger partial charge in [-0.3, -0.25) is 0 Å². The molecule has 0 bridgehead atoms. The molecule has 1 nitrogen and oxygen atoms in total. The molecule has 48 heavy (non-hydrogen) atoms. The van der Waals surface area contributed by atoms with Gasteiger partial charge in [0, 0.05) is 42.0 Å². The summed E-state index contributed by atoms with van der Waals surface area (Å²) in [6, 6.07) is 64.1. The monoisotopic (exact) mass is 627 g/mol. The van der Waals surface area contributed by atoms with Crippen molar-refractivity contribution in [2.24, 2.45) is 0 Å². The number of hydrogen-bond donors (Lipinski definition) is 0. The van der Waals surface area contributed by atoms with Gasteiger partial charge in [-0.25, -0.2) is 0 Å². The smallest absolute Gasteiger partial charge is 0.0640 e. The zero-order valence-electron chi connectivity index (χ0n) is 26.1. The van der Waals surface area contributed by atoms with Gasteiger partial charge in [0.15, 0.2) is 0 Å². The van der Waals surface area contributed by atoms with E-state index in [0.29, 0.717) is 0 Å². The van der Waals surface area contributed by atoms with Crippen molar-refractivity contribution >= 4 is 64.1 Å². The van der Waals surface area contributed by atoms with Crippen LogP contribution >= 0.6 is 11.3 Å². The number of thiophene rings is 1. The molecular formula is C46H29NS. The molecule has 0 saturated carbocycles. The van der Waals surface area contributed by atoms with Crippen LogP contribution in [-0.4, -0.2) is 4.57 Å². The number of benzene rings is 8. The number of aromatic nitrogens is 1. The van der Waals surface area contributed by atoms with Gasteiger partial charge in [0.05, 0.1) is 11.0 Å². The summed E-state index contributed by atoms with van der Waals surface area (Å²) in [5.41, 5.74) is 11.1. The van der Waals surface area contributed by atoms with Gasteiger partial charge >= 0.3 is 0 Å². The van der Waals surface area contributed by atoms with Crippen LogP contribution in [0.5, 0.6) is 0 Å². The fourth-order valence-corrected chi connectivity index (χ4v) is 8.98. The molecule has 0 N–H and O–H groups in total. The molecule has 2 aromatic heterocycles. The third kappa shape index (κ3) is 4.10. The van der Waals surface area contributed by atoms with Gasteiger partial charge in [0.1, 0.15) is 0 Å². The molecule has 0 spiro atoms. The summed E-state index contributed by atoms with van der Waals surface area (Å²) in [5, 5.41) is 7.82. The molecule has 10 aromatic rings. The normalized spacial score (nSPS) is 11.8. The van der Waals surface area contributed by atoms with Crippen molar-refractivity contribution < 1.29 is 0 Å². The third-order valence-electron chi connectivity index (χ3n) is 9.79. The van der Waals surface area contributed by atoms with Crippen LogP contribution < -0.4 is 0 Å². The summed E-state index contributed by atoms with van der Waals surface area (Å²) in [4.78, 5) is 0. The molecule has 0 amide bonds. The summed E-state index contributed by atoms with van der Waals surface area (Å²) >= 11 is 1.93. The van der Waals surface area contributed by atoms with Crippen LogP contribution in [0.4, 0.5) is 0 Å². The Labute approximate surface area is 282 Å². The predicted octanol–water partition coefficient (Wildman–Crippen LogP) is 13.3. The minimum absolute atomic E-state index is 1.16. The predicted molar refractivity (Wildman–Crippen MR) is 207 cm³/mol. The summed E-state index contributed by atoms with van der Waals surface area (Å²) in [5.74, 6) is 0. The largest absolute Gasteiger partial charge is 0.309 e. The van der Waals surface area contributed by atoms with Crippen molar-refractivity contribution in [3.8, 4) is 39.1 Å². The van der Waals surface area contributed by atoms with Crippen LogP contribution in [0.2, 0.25) is 0 Å². The van der Waals surface area contributed by atoms with E-state index in [9.17, 15) is 0 Å². The van der Waals surface area contributed by atoms with Gasteiger partial charge in [0.2, 0.25) is 0 Å². The third-order valence-corrected chi connectivity index (χ3v) is 11.1. The van der Waals surface area contributed by atoms with Gasteiger partial charge in [-0.05, 0) is 63.0 Å². The van der Waals surface area contributed by atoms with E-state index in [4.69, 9.17) is 0 Å². The first-order valence-electron chi connectivity index (χ1n) is 16.4. The lowest BCUT2D eigenvalue weighted by molar-refractivity contribution is 1.19. The average Bonchev–Trinajstić information content (AvgIpc) is 3.72. The van der Waals surface area contributed by atoms with Gasteiger partial charge in [-0.15, -0.1) is 11.3 Å². The van der Waals surface area contributed by atoms with Crippen LogP contribution in [-0.2, 0) is 0 Å². The van der Waals surface area contributed by atoms with E-state index >= 15 is 0 Å². The van der Waals surface area contributed by atoms with Crippen molar-refractivity contribution in [1.29, 1.82) is 0 Å². The first kappa shape index (κ1) is 27.2. The highest BCUT2D eigenvalue weighted by Crippen LogP contribution is 2.50. The highest BCUT2D eigenvalue weighted by molar-refractivity contribution is 7.27. The number of hydrogen-bond acceptors (Lipinski definition) is 1. The molecule has 0 aliphatic carbocycles. The van der Waals surface area contributed by atoms with Crippen molar-refractivity contribution in [3.63, 3.8) is 0 Å². The van der Waals surface area contributed by atoms with Gasteiger partial charge in [-0.1, -0.05) is 152 Å². The quantitative estimate of drug-likeness (QED) is 0.183. The Morgan fingerprint density at radius 3 is 1.62 bits per heavy atom. The number of fused-ring (bicyclic) bond motifs is 10. The van der Waals surface area contributed by atoms with E-state index < -0.39 is 0 Å². The molecule has 0 saturated heterocycles. The van der Waals surface area contributed by atoms with E-state index in [1.165, 1.54) is 86.1 Å². The maximum atomic E-state index is 2.52. The Morgan fingerprint density at radius 1 is 0.354 bits per heavy atom. The second-order valence-corrected chi connectivity index (χ2v) is 13.5. The first-order chi connectivity index (χ1) is 23.8. The molecule has 10 rings (SSSR count). The maximum Gasteiger partial charge on any atom is 0.0640 e. The van der Waals surface area contributed by atoms with Gasteiger partial charge < -0.3 is 4.57 Å². The molecule has 0 unspecified atom stereocenters. The minimum atomic E-state index is 1.16. The molecule has 224 valence electrons. The molecule has 0 radical (unpaired) electrons. The van der Waals surface area contributed by atoms with E-state index in [1.807, 2.05) is 11.3 Å². The summed E-state index contributed by atoms with van der Waals surface area (Å²) < 4.78 is 5.19. The first-order valence-corrected chi connectivity index (χ1v) is 17.3. The summed E-state index contributed by atoms with van der Waals surface area (Å²) in [6.07, 6.45) is 0. The minimum Gasteiger partial charge on any atom is -0.309 e. The van der Waals surface area contributed by atoms with Crippen LogP contribution in [0.15, 0.2) is 176 Å². The topological polar surface area (TPSA) is 4.93 Å². The fourth-order valence-electron chi connectivity index (χ4n) is 7.60. The second kappa shape index (κ2) is 10.8. The molecule has 0 atom stereocenters. The molecule has 0 fully saturated rings. The van der Waals surface area contributed by atoms with Gasteiger partial charge in [-0.2, -0.15) is 0 Å². The van der Waals surface area contributed by atoms with Crippen LogP contribution in [0, 0.1) is 0 Å². The van der Waals surface area contributed by atoms with Crippen LogP contribution in [0.1, 0.15) is 0 Å². The number of rotatable bonds is 4. The average molecular weight is 628 g/mol. The Balaban J connectivity index is 1.38. The highest BCUT2D eigenvalue weighted by atomic mass is 32.1. The Morgan fingerprint density at radius 2 is 0.917 bits per heavy atom. The lowest BCUT2D eigenvalue weighted by Crippen LogP contribution is -1.94. The lowest BCUT2D eigenvalue weighted by atomic mass is 9.97. The van der Waals surface area contributed by atoms with E-state index in [2.05, 4.69) is 180 Å². The lowest BCUT2D eigenvalue weighted by Gasteiger charge is -2.12. The Kier molecular flexibility index (Phi) is 6.12. The molecular weight excluding hydrogens is 599 g/mol. The Bertz CT molecular complexity index is 2790. The fraction of sp³-hybridized carbons (Fsp3) is 0. The van der Waals surface area contributed by atoms with Crippen molar-refractivity contribution in [2.45, 2.75) is 0 Å². The van der Waals surface area contributed by atoms with E-state index in [0.717, 1.165) is 5.69 Å². The van der Waals surface area contributed by atoms with Crippen LogP contribution in [0.3, 0.4) is 0 Å². The zero-order valence-corrected chi connectivity index (χ0v) is 26.9. The standard InChI is InChI=1S/C46H29NS/c1-4-13-30(14-5-1)32-23-26-35(27-24-32)47-41-28-25-34(31-15-6-2-7-16-31)29-40(41)42-37-19-10-11-20-38(37)46-43(44(42)47)39-22-12-21-36(45(39)48-46)33-17-8-3-9-18-33/h1-29H. The number of nitrogens with zero attached hydrogens (tertiary/aromatic N) is 1. The SMILES string of the molecule is c1ccc(-c2ccc(-n3c4ccc(-c5ccccc5)cc4c4c5ccccc5c5sc6c(-c7ccccc7)cccc6c5c43)cc2)cc1. The van der Waals surface area contributed by atoms with Crippen molar-refractivity contribution in [2.75, 3.05) is 0 Å². The van der Waals surface area contributed by atoms with E-state index in [1.54, 1.807) is 0 Å². The second-order valence-electron chi connectivity index (χ2n) is 12.5.